The second kappa shape index (κ2) is 5.56. The number of benzene rings is 1. The average Bonchev–Trinajstić information content (AvgIpc) is 3.05. The third-order valence-corrected chi connectivity index (χ3v) is 3.71. The van der Waals surface area contributed by atoms with Gasteiger partial charge >= 0.3 is 0 Å². The van der Waals surface area contributed by atoms with Gasteiger partial charge in [0, 0.05) is 22.8 Å². The molecule has 1 aromatic carbocycles. The fourth-order valence-corrected chi connectivity index (χ4v) is 2.58. The van der Waals surface area contributed by atoms with E-state index in [0.717, 1.165) is 28.0 Å². The third kappa shape index (κ3) is 2.38. The Morgan fingerprint density at radius 1 is 1.08 bits per heavy atom. The van der Waals surface area contributed by atoms with E-state index in [1.807, 2.05) is 55.6 Å². The van der Waals surface area contributed by atoms with Gasteiger partial charge in [0.15, 0.2) is 5.82 Å². The summed E-state index contributed by atoms with van der Waals surface area (Å²) in [6.07, 6.45) is 3.40. The Balaban J connectivity index is 1.89. The third-order valence-electron chi connectivity index (χ3n) is 3.71. The topological polar surface area (TPSA) is 80.3 Å². The van der Waals surface area contributed by atoms with Crippen LogP contribution in [0, 0.1) is 18.3 Å². The molecule has 6 heteroatoms. The number of aromatic nitrogens is 5. The van der Waals surface area contributed by atoms with E-state index in [0.29, 0.717) is 5.69 Å². The van der Waals surface area contributed by atoms with Crippen LogP contribution in [0.3, 0.4) is 0 Å². The van der Waals surface area contributed by atoms with Gasteiger partial charge in [-0.15, -0.1) is 0 Å². The minimum atomic E-state index is 0.154. The van der Waals surface area contributed by atoms with Crippen molar-refractivity contribution in [3.63, 3.8) is 0 Å². The Morgan fingerprint density at radius 2 is 2.00 bits per heavy atom. The number of aryl methyl sites for hydroxylation is 1. The van der Waals surface area contributed by atoms with E-state index in [4.69, 9.17) is 5.26 Å². The monoisotopic (exact) mass is 312 g/mol. The molecule has 0 fully saturated rings. The predicted octanol–water partition coefficient (Wildman–Crippen LogP) is 3.06. The predicted molar refractivity (Wildman–Crippen MR) is 89.3 cm³/mol. The molecule has 0 radical (unpaired) electrons. The van der Waals surface area contributed by atoms with E-state index in [9.17, 15) is 0 Å². The molecule has 0 saturated carbocycles. The van der Waals surface area contributed by atoms with Gasteiger partial charge in [-0.05, 0) is 31.2 Å². The summed E-state index contributed by atoms with van der Waals surface area (Å²) >= 11 is 0. The van der Waals surface area contributed by atoms with Crippen molar-refractivity contribution in [1.29, 1.82) is 5.26 Å². The molecule has 0 atom stereocenters. The summed E-state index contributed by atoms with van der Waals surface area (Å²) in [5.41, 5.74) is 3.47. The van der Waals surface area contributed by atoms with Crippen LogP contribution < -0.4 is 0 Å². The lowest BCUT2D eigenvalue weighted by Gasteiger charge is -2.05. The van der Waals surface area contributed by atoms with Crippen molar-refractivity contribution in [2.24, 2.45) is 0 Å². The first-order valence-electron chi connectivity index (χ1n) is 7.40. The summed E-state index contributed by atoms with van der Waals surface area (Å²) in [6, 6.07) is 15.5. The summed E-state index contributed by atoms with van der Waals surface area (Å²) in [5, 5.41) is 14.4. The minimum Gasteiger partial charge on any atom is -0.234 e. The SMILES string of the molecule is Cc1cccc(-n2ncc3ccc(-c4ccnc(C#N)n4)cc32)n1. The highest BCUT2D eigenvalue weighted by atomic mass is 15.3. The highest BCUT2D eigenvalue weighted by Gasteiger charge is 2.09. The van der Waals surface area contributed by atoms with Crippen LogP contribution in [0.15, 0.2) is 54.9 Å². The van der Waals surface area contributed by atoms with Crippen LogP contribution in [0.1, 0.15) is 11.5 Å². The van der Waals surface area contributed by atoms with Crippen molar-refractivity contribution >= 4 is 10.9 Å². The van der Waals surface area contributed by atoms with E-state index < -0.39 is 0 Å². The van der Waals surface area contributed by atoms with Crippen LogP contribution >= 0.6 is 0 Å². The molecule has 4 aromatic rings. The Kier molecular flexibility index (Phi) is 3.25. The molecule has 0 aliphatic carbocycles. The number of fused-ring (bicyclic) bond motifs is 1. The first-order valence-corrected chi connectivity index (χ1v) is 7.40. The van der Waals surface area contributed by atoms with Gasteiger partial charge in [0.2, 0.25) is 5.82 Å². The Labute approximate surface area is 138 Å². The number of pyridine rings is 1. The van der Waals surface area contributed by atoms with Crippen molar-refractivity contribution in [2.45, 2.75) is 6.92 Å². The highest BCUT2D eigenvalue weighted by molar-refractivity contribution is 5.84. The smallest absolute Gasteiger partial charge is 0.232 e. The van der Waals surface area contributed by atoms with Crippen molar-refractivity contribution in [3.05, 3.63) is 66.4 Å². The number of rotatable bonds is 2. The molecular formula is C18H12N6. The zero-order valence-corrected chi connectivity index (χ0v) is 12.9. The number of hydrogen-bond acceptors (Lipinski definition) is 5. The van der Waals surface area contributed by atoms with Gasteiger partial charge in [0.25, 0.3) is 0 Å². The van der Waals surface area contributed by atoms with Crippen LogP contribution in [-0.4, -0.2) is 24.7 Å². The molecule has 24 heavy (non-hydrogen) atoms. The van der Waals surface area contributed by atoms with Crippen LogP contribution in [0.4, 0.5) is 0 Å². The molecule has 0 unspecified atom stereocenters. The second-order valence-electron chi connectivity index (χ2n) is 5.34. The zero-order chi connectivity index (χ0) is 16.5. The number of hydrogen-bond donors (Lipinski definition) is 0. The first kappa shape index (κ1) is 14.0. The van der Waals surface area contributed by atoms with E-state index in [-0.39, 0.29) is 5.82 Å². The molecule has 0 spiro atoms. The van der Waals surface area contributed by atoms with Crippen molar-refractivity contribution < 1.29 is 0 Å². The van der Waals surface area contributed by atoms with Gasteiger partial charge in [0.1, 0.15) is 6.07 Å². The average molecular weight is 312 g/mol. The lowest BCUT2D eigenvalue weighted by atomic mass is 10.1. The lowest BCUT2D eigenvalue weighted by Crippen LogP contribution is -2.00. The summed E-state index contributed by atoms with van der Waals surface area (Å²) in [5.74, 6) is 0.920. The molecule has 3 heterocycles. The minimum absolute atomic E-state index is 0.154. The molecule has 0 aliphatic rings. The van der Waals surface area contributed by atoms with Gasteiger partial charge < -0.3 is 0 Å². The summed E-state index contributed by atoms with van der Waals surface area (Å²) < 4.78 is 1.80. The van der Waals surface area contributed by atoms with Gasteiger partial charge in [0.05, 0.1) is 17.4 Å². The Hall–Kier alpha value is -3.59. The van der Waals surface area contributed by atoms with E-state index in [1.54, 1.807) is 16.9 Å². The largest absolute Gasteiger partial charge is 0.234 e. The fraction of sp³-hybridized carbons (Fsp3) is 0.0556. The maximum Gasteiger partial charge on any atom is 0.232 e. The Morgan fingerprint density at radius 3 is 2.83 bits per heavy atom. The summed E-state index contributed by atoms with van der Waals surface area (Å²) in [4.78, 5) is 12.7. The maximum absolute atomic E-state index is 8.97. The molecule has 114 valence electrons. The Bertz CT molecular complexity index is 1090. The molecule has 0 N–H and O–H groups in total. The molecule has 6 nitrogen and oxygen atoms in total. The van der Waals surface area contributed by atoms with Crippen LogP contribution in [0.25, 0.3) is 28.0 Å². The van der Waals surface area contributed by atoms with E-state index in [1.165, 1.54) is 0 Å². The molecule has 0 amide bonds. The lowest BCUT2D eigenvalue weighted by molar-refractivity contribution is 0.867. The number of nitrogens with zero attached hydrogens (tertiary/aromatic N) is 6. The molecule has 4 rings (SSSR count). The number of nitriles is 1. The van der Waals surface area contributed by atoms with Gasteiger partial charge in [-0.25, -0.2) is 19.6 Å². The molecular weight excluding hydrogens is 300 g/mol. The van der Waals surface area contributed by atoms with Crippen molar-refractivity contribution in [2.75, 3.05) is 0 Å². The normalized spacial score (nSPS) is 10.7. The summed E-state index contributed by atoms with van der Waals surface area (Å²) in [6.45, 7) is 1.95. The van der Waals surface area contributed by atoms with E-state index in [2.05, 4.69) is 20.1 Å². The molecule has 0 aliphatic heterocycles. The quantitative estimate of drug-likeness (QED) is 0.568. The van der Waals surface area contributed by atoms with Crippen LogP contribution in [0.2, 0.25) is 0 Å². The maximum atomic E-state index is 8.97. The van der Waals surface area contributed by atoms with Gasteiger partial charge in [-0.1, -0.05) is 18.2 Å². The molecule has 3 aromatic heterocycles. The second-order valence-corrected chi connectivity index (χ2v) is 5.34. The summed E-state index contributed by atoms with van der Waals surface area (Å²) in [7, 11) is 0. The van der Waals surface area contributed by atoms with Crippen LogP contribution in [-0.2, 0) is 0 Å². The molecule has 0 bridgehead atoms. The van der Waals surface area contributed by atoms with Crippen molar-refractivity contribution in [1.82, 2.24) is 24.7 Å². The fourth-order valence-electron chi connectivity index (χ4n) is 2.58. The first-order chi connectivity index (χ1) is 11.7. The highest BCUT2D eigenvalue weighted by Crippen LogP contribution is 2.24. The zero-order valence-electron chi connectivity index (χ0n) is 12.9. The van der Waals surface area contributed by atoms with Crippen molar-refractivity contribution in [3.8, 4) is 23.1 Å². The molecule has 0 saturated heterocycles. The standard InChI is InChI=1S/C18H12N6/c1-12-3-2-4-18(22-12)24-16-9-13(5-6-14(16)11-21-24)15-7-8-20-17(10-19)23-15/h2-9,11H,1H3. The van der Waals surface area contributed by atoms with Gasteiger partial charge in [-0.3, -0.25) is 0 Å². The van der Waals surface area contributed by atoms with Crippen LogP contribution in [0.5, 0.6) is 0 Å². The van der Waals surface area contributed by atoms with Gasteiger partial charge in [-0.2, -0.15) is 10.4 Å². The van der Waals surface area contributed by atoms with E-state index >= 15 is 0 Å².